The number of para-hydroxylation sites is 1. The van der Waals surface area contributed by atoms with Gasteiger partial charge in [0.2, 0.25) is 0 Å². The van der Waals surface area contributed by atoms with Crippen molar-refractivity contribution in [3.8, 4) is 0 Å². The van der Waals surface area contributed by atoms with E-state index in [0.717, 1.165) is 47.7 Å². The molecule has 1 atom stereocenters. The summed E-state index contributed by atoms with van der Waals surface area (Å²) in [6.45, 7) is 2.38. The molecule has 0 spiro atoms. The van der Waals surface area contributed by atoms with Crippen molar-refractivity contribution in [1.29, 1.82) is 0 Å². The number of thioether (sulfide) groups is 1. The Balaban J connectivity index is 0.00000342. The molecule has 3 heterocycles. The first-order valence-corrected chi connectivity index (χ1v) is 15.5. The lowest BCUT2D eigenvalue weighted by molar-refractivity contribution is 0.330. The van der Waals surface area contributed by atoms with Crippen molar-refractivity contribution in [1.82, 2.24) is 9.88 Å². The Morgan fingerprint density at radius 2 is 1.97 bits per heavy atom. The molecule has 1 N–H and O–H groups in total. The summed E-state index contributed by atoms with van der Waals surface area (Å²) in [5, 5.41) is 3.99. The van der Waals surface area contributed by atoms with Gasteiger partial charge < -0.3 is 9.88 Å². The smallest absolute Gasteiger partial charge is 0.273 e. The number of nitrogens with one attached hydrogen (secondary N) is 1. The lowest BCUT2D eigenvalue weighted by Gasteiger charge is -2.19. The number of aromatic amines is 1. The number of hydrogen-bond donors (Lipinski definition) is 2. The molecule has 1 aliphatic rings. The molecule has 0 amide bonds. The fourth-order valence-electron chi connectivity index (χ4n) is 3.85. The molecule has 0 saturated heterocycles. The Kier molecular flexibility index (Phi) is 9.69. The van der Waals surface area contributed by atoms with Gasteiger partial charge in [0.15, 0.2) is 0 Å². The van der Waals surface area contributed by atoms with Gasteiger partial charge in [0.1, 0.15) is 20.0 Å². The van der Waals surface area contributed by atoms with Crippen LogP contribution < -0.4 is 4.31 Å². The van der Waals surface area contributed by atoms with Gasteiger partial charge in [-0.2, -0.15) is 0 Å². The lowest BCUT2D eigenvalue weighted by atomic mass is 10.2. The van der Waals surface area contributed by atoms with Gasteiger partial charge in [0.25, 0.3) is 10.0 Å². The van der Waals surface area contributed by atoms with Gasteiger partial charge in [-0.15, -0.1) is 23.7 Å². The third-order valence-electron chi connectivity index (χ3n) is 5.74. The second-order valence-corrected chi connectivity index (χ2v) is 13.8. The average Bonchev–Trinajstić information content (AvgIpc) is 3.56. The van der Waals surface area contributed by atoms with E-state index >= 15 is 0 Å². The SMILES string of the molecule is CN(CCC[SH](=O)=O)CCC1CN=C(c2cc3cccc(N(C)S(=O)(=O)c4cccs4)c3[nH]2)S1.Cl. The molecule has 1 aliphatic heterocycles. The Morgan fingerprint density at radius 1 is 1.17 bits per heavy atom. The zero-order chi connectivity index (χ0) is 24.3. The molecular formula is C22H29ClN4O4S4. The average molecular weight is 577 g/mol. The molecule has 35 heavy (non-hydrogen) atoms. The van der Waals surface area contributed by atoms with Crippen molar-refractivity contribution in [3.05, 3.63) is 47.5 Å². The van der Waals surface area contributed by atoms with Gasteiger partial charge in [0.05, 0.1) is 23.4 Å². The summed E-state index contributed by atoms with van der Waals surface area (Å²) in [5.41, 5.74) is 2.26. The number of halogens is 1. The molecule has 1 aromatic carbocycles. The Bertz CT molecular complexity index is 1340. The molecule has 0 radical (unpaired) electrons. The fourth-order valence-corrected chi connectivity index (χ4v) is 7.70. The fraction of sp³-hybridized carbons (Fsp3) is 0.409. The van der Waals surface area contributed by atoms with E-state index in [-0.39, 0.29) is 18.2 Å². The van der Waals surface area contributed by atoms with Crippen LogP contribution in [0.5, 0.6) is 0 Å². The highest BCUT2D eigenvalue weighted by molar-refractivity contribution is 8.15. The molecule has 0 aliphatic carbocycles. The van der Waals surface area contributed by atoms with E-state index in [0.29, 0.717) is 21.6 Å². The number of H-pyrrole nitrogens is 1. The van der Waals surface area contributed by atoms with E-state index in [1.165, 1.54) is 15.6 Å². The first-order chi connectivity index (χ1) is 16.3. The minimum absolute atomic E-state index is 0. The molecule has 0 fully saturated rings. The zero-order valence-electron chi connectivity index (χ0n) is 19.4. The second kappa shape index (κ2) is 12.1. The third-order valence-corrected chi connectivity index (χ3v) is 10.9. The summed E-state index contributed by atoms with van der Waals surface area (Å²) in [5.74, 6) is 0.233. The lowest BCUT2D eigenvalue weighted by Crippen LogP contribution is -2.26. The van der Waals surface area contributed by atoms with E-state index in [1.54, 1.807) is 42.4 Å². The Labute approximate surface area is 222 Å². The van der Waals surface area contributed by atoms with E-state index in [4.69, 9.17) is 4.99 Å². The van der Waals surface area contributed by atoms with Crippen LogP contribution in [0.25, 0.3) is 10.9 Å². The zero-order valence-corrected chi connectivity index (χ0v) is 23.6. The molecule has 4 rings (SSSR count). The van der Waals surface area contributed by atoms with Gasteiger partial charge in [-0.05, 0) is 56.6 Å². The first-order valence-electron chi connectivity index (χ1n) is 10.9. The second-order valence-electron chi connectivity index (χ2n) is 8.22. The Hall–Kier alpha value is -1.57. The van der Waals surface area contributed by atoms with Crippen molar-refractivity contribution in [2.75, 3.05) is 43.8 Å². The maximum atomic E-state index is 13.0. The summed E-state index contributed by atoms with van der Waals surface area (Å²) in [4.78, 5) is 10.3. The molecule has 0 saturated carbocycles. The van der Waals surface area contributed by atoms with E-state index < -0.39 is 20.7 Å². The number of sulfonamides is 1. The molecule has 8 nitrogen and oxygen atoms in total. The van der Waals surface area contributed by atoms with E-state index in [2.05, 4.69) is 9.88 Å². The number of fused-ring (bicyclic) bond motifs is 1. The van der Waals surface area contributed by atoms with Crippen molar-refractivity contribution < 1.29 is 16.8 Å². The first kappa shape index (κ1) is 28.0. The number of thiol groups is 1. The van der Waals surface area contributed by atoms with Crippen molar-refractivity contribution in [2.24, 2.45) is 4.99 Å². The number of anilines is 1. The van der Waals surface area contributed by atoms with Gasteiger partial charge in [-0.25, -0.2) is 16.8 Å². The number of rotatable bonds is 11. The highest BCUT2D eigenvalue weighted by Crippen LogP contribution is 2.34. The molecule has 3 aromatic rings. The molecule has 192 valence electrons. The van der Waals surface area contributed by atoms with E-state index in [9.17, 15) is 16.8 Å². The monoisotopic (exact) mass is 576 g/mol. The molecular weight excluding hydrogens is 548 g/mol. The summed E-state index contributed by atoms with van der Waals surface area (Å²) >= 11 is 2.94. The number of aliphatic imine (C=N–C) groups is 1. The van der Waals surface area contributed by atoms with Gasteiger partial charge in [0, 0.05) is 23.4 Å². The van der Waals surface area contributed by atoms with Gasteiger partial charge in [-0.3, -0.25) is 9.30 Å². The molecule has 0 bridgehead atoms. The molecule has 13 heteroatoms. The minimum atomic E-state index is -3.63. The van der Waals surface area contributed by atoms with Crippen LogP contribution in [0.4, 0.5) is 5.69 Å². The Morgan fingerprint density at radius 3 is 2.69 bits per heavy atom. The predicted octanol–water partition coefficient (Wildman–Crippen LogP) is 3.66. The van der Waals surface area contributed by atoms with Crippen LogP contribution in [0.15, 0.2) is 51.0 Å². The number of benzene rings is 1. The standard InChI is InChI=1S/C22H28N4O4S4.ClH/c1-25(10-5-13-33(27)28)11-9-17-15-23-22(32-17)18-14-16-6-3-7-19(21(16)24-18)26(2)34(29,30)20-8-4-12-31-20;/h3-4,6-8,12,14,17,24,33H,5,9-11,13,15H2,1-2H3;1H. The van der Waals surface area contributed by atoms with Crippen molar-refractivity contribution in [3.63, 3.8) is 0 Å². The number of thiophene rings is 1. The highest BCUT2D eigenvalue weighted by Gasteiger charge is 2.26. The quantitative estimate of drug-likeness (QED) is 0.338. The summed E-state index contributed by atoms with van der Waals surface area (Å²) in [6.07, 6.45) is 1.62. The third kappa shape index (κ3) is 6.60. The van der Waals surface area contributed by atoms with Crippen LogP contribution in [0.3, 0.4) is 0 Å². The normalized spacial score (nSPS) is 16.1. The summed E-state index contributed by atoms with van der Waals surface area (Å²) < 4.78 is 49.1. The number of nitrogens with zero attached hydrogens (tertiary/aromatic N) is 3. The van der Waals surface area contributed by atoms with Crippen LogP contribution in [0, 0.1) is 0 Å². The van der Waals surface area contributed by atoms with Crippen LogP contribution in [0.2, 0.25) is 0 Å². The maximum Gasteiger partial charge on any atom is 0.273 e. The van der Waals surface area contributed by atoms with Crippen LogP contribution in [-0.4, -0.2) is 76.5 Å². The molecule has 2 aromatic heterocycles. The van der Waals surface area contributed by atoms with Crippen LogP contribution in [0.1, 0.15) is 18.5 Å². The van der Waals surface area contributed by atoms with Crippen LogP contribution >= 0.6 is 35.5 Å². The summed E-state index contributed by atoms with van der Waals surface area (Å²) in [7, 11) is -2.34. The van der Waals surface area contributed by atoms with Crippen molar-refractivity contribution >= 4 is 77.9 Å². The number of aromatic nitrogens is 1. The van der Waals surface area contributed by atoms with Gasteiger partial charge in [-0.1, -0.05) is 30.0 Å². The highest BCUT2D eigenvalue weighted by atomic mass is 35.5. The molecule has 1 unspecified atom stereocenters. The predicted molar refractivity (Wildman–Crippen MR) is 150 cm³/mol. The van der Waals surface area contributed by atoms with Crippen molar-refractivity contribution in [2.45, 2.75) is 22.3 Å². The number of hydrogen-bond acceptors (Lipinski definition) is 8. The topological polar surface area (TPSA) is 103 Å². The maximum absolute atomic E-state index is 13.0. The van der Waals surface area contributed by atoms with E-state index in [1.807, 2.05) is 25.2 Å². The van der Waals surface area contributed by atoms with Gasteiger partial charge >= 0.3 is 0 Å². The van der Waals surface area contributed by atoms with Crippen LogP contribution in [-0.2, 0) is 20.7 Å². The summed E-state index contributed by atoms with van der Waals surface area (Å²) in [6, 6.07) is 11.0. The minimum Gasteiger partial charge on any atom is -0.351 e. The largest absolute Gasteiger partial charge is 0.351 e.